The van der Waals surface area contributed by atoms with Crippen molar-refractivity contribution < 1.29 is 14.3 Å². The summed E-state index contributed by atoms with van der Waals surface area (Å²) in [7, 11) is 0. The minimum absolute atomic E-state index is 0.0795. The van der Waals surface area contributed by atoms with Crippen LogP contribution in [-0.2, 0) is 9.59 Å². The van der Waals surface area contributed by atoms with Gasteiger partial charge in [0.05, 0.1) is 10.9 Å². The smallest absolute Gasteiger partial charge is 0.277 e. The Hall–Kier alpha value is -1.94. The van der Waals surface area contributed by atoms with E-state index in [0.717, 1.165) is 19.3 Å². The van der Waals surface area contributed by atoms with Crippen molar-refractivity contribution in [3.63, 3.8) is 0 Å². The first-order valence-electron chi connectivity index (χ1n) is 8.10. The Morgan fingerprint density at radius 1 is 1.19 bits per heavy atom. The number of anilines is 1. The van der Waals surface area contributed by atoms with Gasteiger partial charge in [-0.15, -0.1) is 0 Å². The summed E-state index contributed by atoms with van der Waals surface area (Å²) in [6.07, 6.45) is 0.0795. The average molecular weight is 544 g/mol. The van der Waals surface area contributed by atoms with E-state index in [4.69, 9.17) is 4.74 Å². The molecule has 0 radical (unpaired) electrons. The van der Waals surface area contributed by atoms with Crippen LogP contribution in [-0.4, -0.2) is 24.1 Å². The van der Waals surface area contributed by atoms with E-state index in [1.165, 1.54) is 0 Å². The molecule has 142 valence electrons. The number of hydrogen-bond donors (Lipinski definition) is 2. The molecule has 0 saturated heterocycles. The molecule has 27 heavy (non-hydrogen) atoms. The van der Waals surface area contributed by atoms with E-state index in [1.54, 1.807) is 13.0 Å². The van der Waals surface area contributed by atoms with Crippen molar-refractivity contribution in [2.24, 2.45) is 5.10 Å². The average Bonchev–Trinajstić information content (AvgIpc) is 2.59. The molecule has 0 aliphatic rings. The molecule has 0 aliphatic heterocycles. The van der Waals surface area contributed by atoms with Crippen molar-refractivity contribution in [2.45, 2.75) is 20.3 Å². The van der Waals surface area contributed by atoms with Crippen LogP contribution in [0.5, 0.6) is 5.75 Å². The van der Waals surface area contributed by atoms with Crippen LogP contribution < -0.4 is 15.5 Å². The van der Waals surface area contributed by atoms with E-state index in [2.05, 4.69) is 54.4 Å². The molecular weight excluding hydrogens is 525 g/mol. The Morgan fingerprint density at radius 3 is 2.67 bits per heavy atom. The second-order valence-corrected chi connectivity index (χ2v) is 7.94. The third-order valence-corrected chi connectivity index (χ3v) is 4.63. The number of carbonyl (C=O) groups is 2. The fourth-order valence-corrected chi connectivity index (χ4v) is 3.25. The molecular formula is C19H19BrIN3O3. The standard InChI is InChI=1S/C19H19BrIN3O3/c1-12-6-7-17(16(20)8-12)27-11-19(26)24-23-13(2)9-18(25)22-15-5-3-4-14(21)10-15/h3-8,10H,9,11H2,1-2H3,(H,22,25)(H,24,26)/b23-13+. The summed E-state index contributed by atoms with van der Waals surface area (Å²) in [6.45, 7) is 3.46. The molecule has 0 atom stereocenters. The molecule has 0 heterocycles. The first kappa shape index (κ1) is 21.4. The Labute approximate surface area is 180 Å². The van der Waals surface area contributed by atoms with Crippen LogP contribution in [0.25, 0.3) is 0 Å². The fraction of sp³-hybridized carbons (Fsp3) is 0.211. The molecule has 2 aromatic carbocycles. The summed E-state index contributed by atoms with van der Waals surface area (Å²) >= 11 is 5.57. The lowest BCUT2D eigenvalue weighted by molar-refractivity contribution is -0.123. The largest absolute Gasteiger partial charge is 0.483 e. The predicted molar refractivity (Wildman–Crippen MR) is 118 cm³/mol. The number of amides is 2. The first-order valence-corrected chi connectivity index (χ1v) is 9.97. The molecule has 0 bridgehead atoms. The van der Waals surface area contributed by atoms with Gasteiger partial charge in [0.15, 0.2) is 6.61 Å². The van der Waals surface area contributed by atoms with E-state index >= 15 is 0 Å². The van der Waals surface area contributed by atoms with Gasteiger partial charge in [-0.1, -0.05) is 12.1 Å². The molecule has 2 N–H and O–H groups in total. The number of halogens is 2. The SMILES string of the molecule is C/C(CC(=O)Nc1cccc(I)c1)=N\NC(=O)COc1ccc(C)cc1Br. The summed E-state index contributed by atoms with van der Waals surface area (Å²) < 4.78 is 7.26. The number of nitrogens with one attached hydrogen (secondary N) is 2. The predicted octanol–water partition coefficient (Wildman–Crippen LogP) is 4.26. The number of aryl methyl sites for hydroxylation is 1. The number of carbonyl (C=O) groups excluding carboxylic acids is 2. The maximum atomic E-state index is 12.0. The highest BCUT2D eigenvalue weighted by Crippen LogP contribution is 2.25. The van der Waals surface area contributed by atoms with Crippen LogP contribution in [0.3, 0.4) is 0 Å². The van der Waals surface area contributed by atoms with Gasteiger partial charge < -0.3 is 10.1 Å². The van der Waals surface area contributed by atoms with Crippen LogP contribution in [0.4, 0.5) is 5.69 Å². The molecule has 0 fully saturated rings. The first-order chi connectivity index (χ1) is 12.8. The molecule has 0 saturated carbocycles. The maximum Gasteiger partial charge on any atom is 0.277 e. The molecule has 0 unspecified atom stereocenters. The highest BCUT2D eigenvalue weighted by atomic mass is 127. The van der Waals surface area contributed by atoms with Crippen molar-refractivity contribution >= 4 is 61.7 Å². The van der Waals surface area contributed by atoms with Gasteiger partial charge in [-0.3, -0.25) is 9.59 Å². The molecule has 2 rings (SSSR count). The van der Waals surface area contributed by atoms with Crippen LogP contribution in [0.15, 0.2) is 52.0 Å². The number of hydrogen-bond acceptors (Lipinski definition) is 4. The lowest BCUT2D eigenvalue weighted by atomic mass is 10.2. The fourth-order valence-electron chi connectivity index (χ4n) is 2.10. The summed E-state index contributed by atoms with van der Waals surface area (Å²) in [4.78, 5) is 23.9. The van der Waals surface area contributed by atoms with Crippen LogP contribution in [0.1, 0.15) is 18.9 Å². The molecule has 2 aromatic rings. The van der Waals surface area contributed by atoms with Gasteiger partial charge in [-0.25, -0.2) is 5.43 Å². The van der Waals surface area contributed by atoms with Crippen molar-refractivity contribution in [1.29, 1.82) is 0 Å². The van der Waals surface area contributed by atoms with E-state index in [1.807, 2.05) is 43.3 Å². The lowest BCUT2D eigenvalue weighted by Crippen LogP contribution is -2.26. The monoisotopic (exact) mass is 543 g/mol. The number of nitrogens with zero attached hydrogens (tertiary/aromatic N) is 1. The topological polar surface area (TPSA) is 79.8 Å². The van der Waals surface area contributed by atoms with E-state index < -0.39 is 5.91 Å². The Kier molecular flexibility index (Phi) is 8.23. The summed E-state index contributed by atoms with van der Waals surface area (Å²) in [6, 6.07) is 13.1. The van der Waals surface area contributed by atoms with Gasteiger partial charge in [0.1, 0.15) is 5.75 Å². The normalized spacial score (nSPS) is 11.0. The van der Waals surface area contributed by atoms with E-state index in [9.17, 15) is 9.59 Å². The van der Waals surface area contributed by atoms with Gasteiger partial charge in [0.25, 0.3) is 5.91 Å². The van der Waals surface area contributed by atoms with Crippen molar-refractivity contribution in [3.05, 3.63) is 56.1 Å². The lowest BCUT2D eigenvalue weighted by Gasteiger charge is -2.08. The summed E-state index contributed by atoms with van der Waals surface area (Å²) in [5.74, 6) is -0.0273. The van der Waals surface area contributed by atoms with Gasteiger partial charge in [0, 0.05) is 15.0 Å². The minimum atomic E-state index is -0.403. The zero-order valence-corrected chi connectivity index (χ0v) is 18.6. The van der Waals surface area contributed by atoms with Gasteiger partial charge in [-0.05, 0) is 88.3 Å². The molecule has 6 nitrogen and oxygen atoms in total. The maximum absolute atomic E-state index is 12.0. The third-order valence-electron chi connectivity index (χ3n) is 3.34. The molecule has 0 aliphatic carbocycles. The van der Waals surface area contributed by atoms with Crippen LogP contribution >= 0.6 is 38.5 Å². The Bertz CT molecular complexity index is 871. The van der Waals surface area contributed by atoms with Gasteiger partial charge in [0.2, 0.25) is 5.91 Å². The number of rotatable bonds is 7. The van der Waals surface area contributed by atoms with Crippen molar-refractivity contribution in [1.82, 2.24) is 5.43 Å². The second-order valence-electron chi connectivity index (χ2n) is 5.84. The third kappa shape index (κ3) is 7.67. The quantitative estimate of drug-likeness (QED) is 0.311. The van der Waals surface area contributed by atoms with E-state index in [0.29, 0.717) is 11.5 Å². The van der Waals surface area contributed by atoms with Crippen molar-refractivity contribution in [3.8, 4) is 5.75 Å². The van der Waals surface area contributed by atoms with E-state index in [-0.39, 0.29) is 18.9 Å². The summed E-state index contributed by atoms with van der Waals surface area (Å²) in [5, 5.41) is 6.73. The van der Waals surface area contributed by atoms with Gasteiger partial charge >= 0.3 is 0 Å². The highest BCUT2D eigenvalue weighted by molar-refractivity contribution is 14.1. The van der Waals surface area contributed by atoms with Crippen LogP contribution in [0.2, 0.25) is 0 Å². The zero-order chi connectivity index (χ0) is 19.8. The highest BCUT2D eigenvalue weighted by Gasteiger charge is 2.08. The molecule has 8 heteroatoms. The summed E-state index contributed by atoms with van der Waals surface area (Å²) in [5.41, 5.74) is 4.69. The minimum Gasteiger partial charge on any atom is -0.483 e. The Morgan fingerprint density at radius 2 is 1.96 bits per heavy atom. The second kappa shape index (κ2) is 10.4. The number of hydrazone groups is 1. The molecule has 0 spiro atoms. The van der Waals surface area contributed by atoms with Crippen molar-refractivity contribution in [2.75, 3.05) is 11.9 Å². The number of ether oxygens (including phenoxy) is 1. The van der Waals surface area contributed by atoms with Gasteiger partial charge in [-0.2, -0.15) is 5.10 Å². The zero-order valence-electron chi connectivity index (χ0n) is 14.9. The Balaban J connectivity index is 1.78. The molecule has 0 aromatic heterocycles. The molecule has 2 amide bonds. The number of benzene rings is 2. The van der Waals surface area contributed by atoms with Crippen LogP contribution in [0, 0.1) is 10.5 Å².